The number of anilines is 1. The lowest BCUT2D eigenvalue weighted by molar-refractivity contribution is -0.138. The van der Waals surface area contributed by atoms with Crippen LogP contribution in [0.3, 0.4) is 0 Å². The molecule has 2 N–H and O–H groups in total. The fourth-order valence-electron chi connectivity index (χ4n) is 5.64. The summed E-state index contributed by atoms with van der Waals surface area (Å²) in [5.41, 5.74) is 1.43. The summed E-state index contributed by atoms with van der Waals surface area (Å²) < 4.78 is 11.2. The first-order chi connectivity index (χ1) is 23.2. The number of rotatable bonds is 11. The van der Waals surface area contributed by atoms with Gasteiger partial charge in [0, 0.05) is 50.4 Å². The maximum atomic E-state index is 13.3. The Morgan fingerprint density at radius 1 is 0.958 bits per heavy atom. The number of amides is 5. The van der Waals surface area contributed by atoms with E-state index in [4.69, 9.17) is 9.47 Å². The van der Waals surface area contributed by atoms with E-state index in [1.807, 2.05) is 19.9 Å². The Labute approximate surface area is 278 Å². The number of carbonyl (C=O) groups excluding carboxylic acids is 5. The largest absolute Gasteiger partial charge is 0.483 e. The number of unbranched alkanes of at least 4 members (excludes halogenated alkanes) is 1. The molecule has 254 valence electrons. The third-order valence-corrected chi connectivity index (χ3v) is 8.32. The van der Waals surface area contributed by atoms with E-state index in [9.17, 15) is 24.0 Å². The van der Waals surface area contributed by atoms with Gasteiger partial charge in [0.2, 0.25) is 11.8 Å². The van der Waals surface area contributed by atoms with E-state index in [-0.39, 0.29) is 48.4 Å². The number of nitrogens with one attached hydrogen (secondary N) is 2. The van der Waals surface area contributed by atoms with E-state index in [0.29, 0.717) is 68.9 Å². The zero-order valence-electron chi connectivity index (χ0n) is 27.3. The first kappa shape index (κ1) is 34.1. The molecule has 0 spiro atoms. The Bertz CT molecular complexity index is 1640. The van der Waals surface area contributed by atoms with Gasteiger partial charge in [0.15, 0.2) is 6.61 Å². The molecule has 3 aromatic rings. The van der Waals surface area contributed by atoms with Crippen LogP contribution in [0.2, 0.25) is 0 Å². The molecule has 4 heterocycles. The number of ether oxygens (including phenoxy) is 2. The van der Waals surface area contributed by atoms with Gasteiger partial charge in [-0.25, -0.2) is 14.8 Å². The second kappa shape index (κ2) is 16.0. The second-order valence-electron chi connectivity index (χ2n) is 11.8. The minimum atomic E-state index is -0.651. The molecule has 2 saturated heterocycles. The summed E-state index contributed by atoms with van der Waals surface area (Å²) in [4.78, 5) is 77.8. The van der Waals surface area contributed by atoms with E-state index in [1.54, 1.807) is 46.3 Å². The van der Waals surface area contributed by atoms with E-state index >= 15 is 0 Å². The molecule has 1 atom stereocenters. The molecule has 14 heteroatoms. The first-order valence-corrected chi connectivity index (χ1v) is 16.3. The molecule has 14 nitrogen and oxygen atoms in total. The maximum Gasteiger partial charge on any atom is 0.409 e. The molecule has 2 aromatic heterocycles. The number of aryl methyl sites for hydroxylation is 1. The second-order valence-corrected chi connectivity index (χ2v) is 11.8. The van der Waals surface area contributed by atoms with E-state index in [0.717, 1.165) is 18.4 Å². The van der Waals surface area contributed by atoms with Gasteiger partial charge in [-0.15, -0.1) is 0 Å². The third kappa shape index (κ3) is 8.55. The van der Waals surface area contributed by atoms with Crippen molar-refractivity contribution in [1.82, 2.24) is 30.0 Å². The van der Waals surface area contributed by atoms with E-state index in [2.05, 4.69) is 20.6 Å². The van der Waals surface area contributed by atoms with Crippen molar-refractivity contribution >= 4 is 46.4 Å². The van der Waals surface area contributed by atoms with Crippen LogP contribution in [0.25, 0.3) is 10.9 Å². The van der Waals surface area contributed by atoms with Gasteiger partial charge in [0.1, 0.15) is 23.3 Å². The average Bonchev–Trinajstić information content (AvgIpc) is 3.60. The molecule has 0 unspecified atom stereocenters. The number of likely N-dealkylation sites (tertiary alicyclic amines) is 1. The fraction of sp³-hybridized carbons (Fsp3) is 0.441. The minimum absolute atomic E-state index is 0.0248. The van der Waals surface area contributed by atoms with Crippen LogP contribution in [-0.4, -0.2) is 113 Å². The molecule has 5 amide bonds. The Balaban J connectivity index is 1.19. The molecule has 0 bridgehead atoms. The highest BCUT2D eigenvalue weighted by Crippen LogP contribution is 2.27. The Hall–Kier alpha value is -5.27. The van der Waals surface area contributed by atoms with Crippen molar-refractivity contribution in [3.63, 3.8) is 0 Å². The zero-order valence-corrected chi connectivity index (χ0v) is 27.3. The number of fused-ring (bicyclic) bond motifs is 1. The number of carbonyl (C=O) groups is 5. The number of pyridine rings is 2. The number of nitrogens with zero attached hydrogens (tertiary/aromatic N) is 5. The summed E-state index contributed by atoms with van der Waals surface area (Å²) in [7, 11) is 0. The van der Waals surface area contributed by atoms with Crippen LogP contribution in [0, 0.1) is 6.92 Å². The van der Waals surface area contributed by atoms with Gasteiger partial charge in [0.25, 0.3) is 11.8 Å². The molecule has 0 aliphatic carbocycles. The average molecular weight is 660 g/mol. The molecule has 2 aliphatic rings. The zero-order chi connectivity index (χ0) is 34.0. The standard InChI is InChI=1S/C34H41N7O7/c1-3-4-18-47-34(46)40-16-14-39(15-17-40)30(42)21-36-32(44)26-20-28(24-11-10-23(2)19-25(24)37-26)48-22-31(43)41-13-7-8-27(41)33(45)38-29-9-5-6-12-35-29/h5-6,9-12,19-20,27H,3-4,7-8,13-18,21-22H2,1-2H3,(H,36,44)(H,35,38,45)/t27-/m0/s1. The van der Waals surface area contributed by atoms with E-state index < -0.39 is 11.9 Å². The van der Waals surface area contributed by atoms with Crippen LogP contribution in [0.4, 0.5) is 10.6 Å². The molecular weight excluding hydrogens is 618 g/mol. The van der Waals surface area contributed by atoms with Gasteiger partial charge in [-0.2, -0.15) is 0 Å². The topological polar surface area (TPSA) is 163 Å². The molecule has 5 rings (SSSR count). The number of aromatic nitrogens is 2. The maximum absolute atomic E-state index is 13.3. The van der Waals surface area contributed by atoms with Crippen molar-refractivity contribution in [1.29, 1.82) is 0 Å². The van der Waals surface area contributed by atoms with Crippen molar-refractivity contribution in [3.05, 3.63) is 59.9 Å². The van der Waals surface area contributed by atoms with Crippen LogP contribution in [0.1, 0.15) is 48.7 Å². The van der Waals surface area contributed by atoms with E-state index in [1.165, 1.54) is 11.0 Å². The summed E-state index contributed by atoms with van der Waals surface area (Å²) in [6.07, 6.45) is 4.12. The normalized spacial score (nSPS) is 16.0. The lowest BCUT2D eigenvalue weighted by Gasteiger charge is -2.34. The highest BCUT2D eigenvalue weighted by atomic mass is 16.6. The number of hydrogen-bond donors (Lipinski definition) is 2. The summed E-state index contributed by atoms with van der Waals surface area (Å²) >= 11 is 0. The van der Waals surface area contributed by atoms with Gasteiger partial charge < -0.3 is 34.8 Å². The Morgan fingerprint density at radius 2 is 1.75 bits per heavy atom. The molecular formula is C34H41N7O7. The monoisotopic (exact) mass is 659 g/mol. The molecule has 2 fully saturated rings. The van der Waals surface area contributed by atoms with Crippen LogP contribution in [-0.2, 0) is 19.1 Å². The predicted octanol–water partition coefficient (Wildman–Crippen LogP) is 2.76. The predicted molar refractivity (Wildman–Crippen MR) is 176 cm³/mol. The van der Waals surface area contributed by atoms with Crippen molar-refractivity contribution in [2.45, 2.75) is 45.6 Å². The molecule has 1 aromatic carbocycles. The Morgan fingerprint density at radius 3 is 2.50 bits per heavy atom. The van der Waals surface area contributed by atoms with Crippen LogP contribution in [0.5, 0.6) is 5.75 Å². The summed E-state index contributed by atoms with van der Waals surface area (Å²) in [5.74, 6) is -0.853. The lowest BCUT2D eigenvalue weighted by Crippen LogP contribution is -2.52. The summed E-state index contributed by atoms with van der Waals surface area (Å²) in [5, 5.41) is 6.01. The smallest absolute Gasteiger partial charge is 0.409 e. The summed E-state index contributed by atoms with van der Waals surface area (Å²) in [6, 6.07) is 11.5. The van der Waals surface area contributed by atoms with Crippen molar-refractivity contribution in [3.8, 4) is 5.75 Å². The van der Waals surface area contributed by atoms with Crippen LogP contribution in [0.15, 0.2) is 48.7 Å². The number of hydrogen-bond acceptors (Lipinski definition) is 9. The highest BCUT2D eigenvalue weighted by Gasteiger charge is 2.34. The van der Waals surface area contributed by atoms with Gasteiger partial charge >= 0.3 is 6.09 Å². The first-order valence-electron chi connectivity index (χ1n) is 16.3. The van der Waals surface area contributed by atoms with Crippen LogP contribution >= 0.6 is 0 Å². The van der Waals surface area contributed by atoms with Gasteiger partial charge in [-0.3, -0.25) is 19.2 Å². The van der Waals surface area contributed by atoms with Gasteiger partial charge in [-0.05, 0) is 56.0 Å². The fourth-order valence-corrected chi connectivity index (χ4v) is 5.64. The van der Waals surface area contributed by atoms with Crippen LogP contribution < -0.4 is 15.4 Å². The molecule has 2 aliphatic heterocycles. The quantitative estimate of drug-likeness (QED) is 0.295. The van der Waals surface area contributed by atoms with Crippen molar-refractivity contribution < 1.29 is 33.4 Å². The Kier molecular flexibility index (Phi) is 11.4. The van der Waals surface area contributed by atoms with Gasteiger partial charge in [-0.1, -0.05) is 25.5 Å². The molecule has 48 heavy (non-hydrogen) atoms. The highest BCUT2D eigenvalue weighted by molar-refractivity contribution is 5.99. The van der Waals surface area contributed by atoms with Crippen molar-refractivity contribution in [2.75, 3.05) is 57.8 Å². The number of piperazine rings is 1. The third-order valence-electron chi connectivity index (χ3n) is 8.32. The molecule has 0 saturated carbocycles. The minimum Gasteiger partial charge on any atom is -0.483 e. The van der Waals surface area contributed by atoms with Gasteiger partial charge in [0.05, 0.1) is 18.7 Å². The SMILES string of the molecule is CCCCOC(=O)N1CCN(C(=O)CNC(=O)c2cc(OCC(=O)N3CCC[C@H]3C(=O)Nc3ccccn3)c3ccc(C)cc3n2)CC1. The number of benzene rings is 1. The lowest BCUT2D eigenvalue weighted by atomic mass is 10.1. The molecule has 0 radical (unpaired) electrons. The van der Waals surface area contributed by atoms with Crippen molar-refractivity contribution in [2.24, 2.45) is 0 Å². The summed E-state index contributed by atoms with van der Waals surface area (Å²) in [6.45, 7) is 5.46.